The first-order chi connectivity index (χ1) is 9.73. The molecule has 0 unspecified atom stereocenters. The highest BCUT2D eigenvalue weighted by Crippen LogP contribution is 2.14. The van der Waals surface area contributed by atoms with Gasteiger partial charge in [0.25, 0.3) is 0 Å². The number of aromatic nitrogens is 2. The maximum Gasteiger partial charge on any atom is 0.245 e. The number of rotatable bonds is 9. The molecule has 0 spiro atoms. The van der Waals surface area contributed by atoms with Gasteiger partial charge < -0.3 is 5.32 Å². The molecule has 0 aliphatic rings. The van der Waals surface area contributed by atoms with Gasteiger partial charge in [-0.15, -0.1) is 0 Å². The second-order valence-electron chi connectivity index (χ2n) is 6.08. The van der Waals surface area contributed by atoms with Gasteiger partial charge in [-0.2, -0.15) is 5.10 Å². The Balaban J connectivity index is 2.61. The van der Waals surface area contributed by atoms with E-state index in [1.54, 1.807) is 17.9 Å². The Kier molecular flexibility index (Phi) is 6.83. The fourth-order valence-corrected chi connectivity index (χ4v) is 3.31. The standard InChI is InChI=1S/C14H28N4O2S/c1-12(2)10-17(5)21(19,20)14-9-16-18(11-14)8-6-7-15-13(3)4/h9,11-13,15H,6-8,10H2,1-5H3. The maximum absolute atomic E-state index is 12.4. The molecule has 0 aliphatic carbocycles. The predicted molar refractivity (Wildman–Crippen MR) is 84.6 cm³/mol. The van der Waals surface area contributed by atoms with E-state index in [4.69, 9.17) is 0 Å². The monoisotopic (exact) mass is 316 g/mol. The van der Waals surface area contributed by atoms with E-state index in [1.807, 2.05) is 13.8 Å². The Labute approximate surface area is 128 Å². The summed E-state index contributed by atoms with van der Waals surface area (Å²) in [5, 5.41) is 7.47. The average Bonchev–Trinajstić information content (AvgIpc) is 2.83. The van der Waals surface area contributed by atoms with Crippen LogP contribution in [0, 0.1) is 5.92 Å². The molecule has 0 aromatic carbocycles. The molecular weight excluding hydrogens is 288 g/mol. The van der Waals surface area contributed by atoms with Crippen LogP contribution in [-0.4, -0.2) is 48.7 Å². The van der Waals surface area contributed by atoms with Crippen LogP contribution in [0.4, 0.5) is 0 Å². The predicted octanol–water partition coefficient (Wildman–Crippen LogP) is 1.55. The first kappa shape index (κ1) is 18.1. The van der Waals surface area contributed by atoms with Crippen molar-refractivity contribution in [1.29, 1.82) is 0 Å². The lowest BCUT2D eigenvalue weighted by molar-refractivity contribution is 0.417. The number of hydrogen-bond donors (Lipinski definition) is 1. The van der Waals surface area contributed by atoms with E-state index in [-0.39, 0.29) is 4.90 Å². The molecule has 1 heterocycles. The van der Waals surface area contributed by atoms with Gasteiger partial charge in [0.1, 0.15) is 4.90 Å². The summed E-state index contributed by atoms with van der Waals surface area (Å²) in [7, 11) is -1.81. The normalized spacial score (nSPS) is 12.8. The van der Waals surface area contributed by atoms with E-state index >= 15 is 0 Å². The Morgan fingerprint density at radius 1 is 1.33 bits per heavy atom. The van der Waals surface area contributed by atoms with Crippen LogP contribution in [0.5, 0.6) is 0 Å². The molecule has 1 aromatic rings. The highest BCUT2D eigenvalue weighted by molar-refractivity contribution is 7.89. The zero-order valence-corrected chi connectivity index (χ0v) is 14.5. The molecule has 122 valence electrons. The number of sulfonamides is 1. The van der Waals surface area contributed by atoms with E-state index in [0.29, 0.717) is 25.0 Å². The van der Waals surface area contributed by atoms with Crippen molar-refractivity contribution in [1.82, 2.24) is 19.4 Å². The van der Waals surface area contributed by atoms with Crippen molar-refractivity contribution in [3.05, 3.63) is 12.4 Å². The molecule has 1 N–H and O–H groups in total. The fourth-order valence-electron chi connectivity index (χ4n) is 2.02. The largest absolute Gasteiger partial charge is 0.314 e. The van der Waals surface area contributed by atoms with Gasteiger partial charge >= 0.3 is 0 Å². The average molecular weight is 316 g/mol. The van der Waals surface area contributed by atoms with Gasteiger partial charge in [-0.25, -0.2) is 12.7 Å². The van der Waals surface area contributed by atoms with Crippen LogP contribution in [0.3, 0.4) is 0 Å². The first-order valence-corrected chi connectivity index (χ1v) is 8.89. The minimum absolute atomic E-state index is 0.266. The molecule has 21 heavy (non-hydrogen) atoms. The molecule has 1 aromatic heterocycles. The third-order valence-corrected chi connectivity index (χ3v) is 4.83. The minimum Gasteiger partial charge on any atom is -0.314 e. The smallest absolute Gasteiger partial charge is 0.245 e. The molecule has 7 heteroatoms. The second kappa shape index (κ2) is 7.91. The van der Waals surface area contributed by atoms with Crippen LogP contribution in [0.15, 0.2) is 17.3 Å². The third kappa shape index (κ3) is 5.76. The Bertz CT molecular complexity index is 523. The van der Waals surface area contributed by atoms with Crippen LogP contribution in [0.1, 0.15) is 34.1 Å². The van der Waals surface area contributed by atoms with Crippen molar-refractivity contribution < 1.29 is 8.42 Å². The molecule has 0 bridgehead atoms. The molecule has 0 atom stereocenters. The van der Waals surface area contributed by atoms with Crippen molar-refractivity contribution in [3.8, 4) is 0 Å². The molecule has 0 amide bonds. The minimum atomic E-state index is -3.42. The van der Waals surface area contributed by atoms with Gasteiger partial charge in [0.05, 0.1) is 6.20 Å². The van der Waals surface area contributed by atoms with E-state index in [0.717, 1.165) is 13.0 Å². The SMILES string of the molecule is CC(C)CN(C)S(=O)(=O)c1cnn(CCCNC(C)C)c1. The van der Waals surface area contributed by atoms with Gasteiger partial charge in [0.2, 0.25) is 10.0 Å². The maximum atomic E-state index is 12.4. The molecule has 6 nitrogen and oxygen atoms in total. The quantitative estimate of drug-likeness (QED) is 0.702. The zero-order chi connectivity index (χ0) is 16.0. The molecular formula is C14H28N4O2S. The van der Waals surface area contributed by atoms with Crippen LogP contribution < -0.4 is 5.32 Å². The summed E-state index contributed by atoms with van der Waals surface area (Å²) >= 11 is 0. The van der Waals surface area contributed by atoms with Crippen molar-refractivity contribution in [2.45, 2.75) is 51.6 Å². The van der Waals surface area contributed by atoms with Gasteiger partial charge in [-0.1, -0.05) is 27.7 Å². The lowest BCUT2D eigenvalue weighted by Crippen LogP contribution is -2.30. The number of aryl methyl sites for hydroxylation is 1. The summed E-state index contributed by atoms with van der Waals surface area (Å²) < 4.78 is 27.8. The van der Waals surface area contributed by atoms with E-state index in [1.165, 1.54) is 10.5 Å². The lowest BCUT2D eigenvalue weighted by Gasteiger charge is -2.17. The molecule has 0 radical (unpaired) electrons. The van der Waals surface area contributed by atoms with E-state index in [9.17, 15) is 8.42 Å². The highest BCUT2D eigenvalue weighted by Gasteiger charge is 2.23. The summed E-state index contributed by atoms with van der Waals surface area (Å²) in [6, 6.07) is 0.461. The van der Waals surface area contributed by atoms with Crippen LogP contribution >= 0.6 is 0 Å². The highest BCUT2D eigenvalue weighted by atomic mass is 32.2. The zero-order valence-electron chi connectivity index (χ0n) is 13.7. The van der Waals surface area contributed by atoms with Gasteiger partial charge in [0.15, 0.2) is 0 Å². The molecule has 0 fully saturated rings. The van der Waals surface area contributed by atoms with Crippen molar-refractivity contribution in [2.24, 2.45) is 5.92 Å². The van der Waals surface area contributed by atoms with Crippen molar-refractivity contribution in [3.63, 3.8) is 0 Å². The molecule has 1 rings (SSSR count). The van der Waals surface area contributed by atoms with Crippen molar-refractivity contribution in [2.75, 3.05) is 20.1 Å². The Morgan fingerprint density at radius 3 is 2.57 bits per heavy atom. The fraction of sp³-hybridized carbons (Fsp3) is 0.786. The van der Waals surface area contributed by atoms with E-state index < -0.39 is 10.0 Å². The number of hydrogen-bond acceptors (Lipinski definition) is 4. The van der Waals surface area contributed by atoms with E-state index in [2.05, 4.69) is 24.3 Å². The number of nitrogens with zero attached hydrogens (tertiary/aromatic N) is 3. The Hall–Kier alpha value is -0.920. The molecule has 0 aliphatic heterocycles. The topological polar surface area (TPSA) is 67.2 Å². The summed E-state index contributed by atoms with van der Waals surface area (Å²) in [6.07, 6.45) is 3.96. The summed E-state index contributed by atoms with van der Waals surface area (Å²) in [5.74, 6) is 0.293. The lowest BCUT2D eigenvalue weighted by atomic mass is 10.2. The summed E-state index contributed by atoms with van der Waals surface area (Å²) in [6.45, 7) is 10.3. The molecule has 0 saturated heterocycles. The van der Waals surface area contributed by atoms with Crippen LogP contribution in [0.25, 0.3) is 0 Å². The van der Waals surface area contributed by atoms with Crippen LogP contribution in [0.2, 0.25) is 0 Å². The first-order valence-electron chi connectivity index (χ1n) is 7.45. The third-order valence-electron chi connectivity index (χ3n) is 3.06. The summed E-state index contributed by atoms with van der Waals surface area (Å²) in [5.41, 5.74) is 0. The number of nitrogens with one attached hydrogen (secondary N) is 1. The summed E-state index contributed by atoms with van der Waals surface area (Å²) in [4.78, 5) is 0.266. The van der Waals surface area contributed by atoms with Gasteiger partial charge in [0, 0.05) is 32.4 Å². The van der Waals surface area contributed by atoms with Crippen molar-refractivity contribution >= 4 is 10.0 Å². The molecule has 0 saturated carbocycles. The van der Waals surface area contributed by atoms with Crippen LogP contribution in [-0.2, 0) is 16.6 Å². The van der Waals surface area contributed by atoms with Gasteiger partial charge in [-0.05, 0) is 18.9 Å². The Morgan fingerprint density at radius 2 is 2.00 bits per heavy atom. The second-order valence-corrected chi connectivity index (χ2v) is 8.13. The van der Waals surface area contributed by atoms with Gasteiger partial charge in [-0.3, -0.25) is 4.68 Å².